The number of aliphatic carboxylic acids is 1. The zero-order valence-electron chi connectivity index (χ0n) is 12.2. The highest BCUT2D eigenvalue weighted by molar-refractivity contribution is 5.87. The molecule has 0 spiro atoms. The Morgan fingerprint density at radius 1 is 1.29 bits per heavy atom. The second-order valence-electron chi connectivity index (χ2n) is 5.51. The molecule has 2 fully saturated rings. The molecule has 2 rings (SSSR count). The van der Waals surface area contributed by atoms with Crippen LogP contribution >= 0.6 is 0 Å². The Morgan fingerprint density at radius 3 is 2.57 bits per heavy atom. The molecule has 8 nitrogen and oxygen atoms in total. The Hall–Kier alpha value is -1.83. The summed E-state index contributed by atoms with van der Waals surface area (Å²) < 4.78 is 5.26. The fraction of sp³-hybridized carbons (Fsp3) is 0.769. The second kappa shape index (κ2) is 6.30. The molecule has 0 aromatic heterocycles. The van der Waals surface area contributed by atoms with Gasteiger partial charge in [0.1, 0.15) is 6.04 Å². The van der Waals surface area contributed by atoms with Crippen molar-refractivity contribution in [1.29, 1.82) is 0 Å². The van der Waals surface area contributed by atoms with Crippen molar-refractivity contribution in [2.45, 2.75) is 13.0 Å². The summed E-state index contributed by atoms with van der Waals surface area (Å²) in [7, 11) is 1.51. The maximum absolute atomic E-state index is 12.6. The number of carbonyl (C=O) groups is 3. The summed E-state index contributed by atoms with van der Waals surface area (Å²) in [6, 6.07) is -0.946. The number of likely N-dealkylation sites (tertiary alicyclic amines) is 1. The van der Waals surface area contributed by atoms with Crippen molar-refractivity contribution in [3.05, 3.63) is 0 Å². The SMILES string of the molecule is CNC(=O)C1COCCN1C(=O)N1CC(C)C(C(=O)O)C1. The summed E-state index contributed by atoms with van der Waals surface area (Å²) in [5, 5.41) is 11.7. The third kappa shape index (κ3) is 3.10. The van der Waals surface area contributed by atoms with Crippen molar-refractivity contribution in [3.8, 4) is 0 Å². The van der Waals surface area contributed by atoms with E-state index in [2.05, 4.69) is 5.32 Å². The van der Waals surface area contributed by atoms with Gasteiger partial charge in [-0.2, -0.15) is 0 Å². The first-order chi connectivity index (χ1) is 9.95. The summed E-state index contributed by atoms with van der Waals surface area (Å²) >= 11 is 0. The lowest BCUT2D eigenvalue weighted by atomic mass is 9.99. The maximum atomic E-state index is 12.6. The minimum Gasteiger partial charge on any atom is -0.481 e. The minimum atomic E-state index is -0.886. The van der Waals surface area contributed by atoms with Crippen LogP contribution in [-0.2, 0) is 14.3 Å². The van der Waals surface area contributed by atoms with E-state index in [9.17, 15) is 14.4 Å². The van der Waals surface area contributed by atoms with Crippen LogP contribution in [0, 0.1) is 11.8 Å². The molecule has 2 heterocycles. The number of nitrogens with one attached hydrogen (secondary N) is 1. The van der Waals surface area contributed by atoms with Gasteiger partial charge in [-0.05, 0) is 5.92 Å². The largest absolute Gasteiger partial charge is 0.481 e. The van der Waals surface area contributed by atoms with Gasteiger partial charge >= 0.3 is 12.0 Å². The Kier molecular flexibility index (Phi) is 4.66. The zero-order chi connectivity index (χ0) is 15.6. The average Bonchev–Trinajstić information content (AvgIpc) is 2.88. The quantitative estimate of drug-likeness (QED) is 0.696. The number of nitrogens with zero attached hydrogens (tertiary/aromatic N) is 2. The van der Waals surface area contributed by atoms with Crippen molar-refractivity contribution in [2.24, 2.45) is 11.8 Å². The van der Waals surface area contributed by atoms with Crippen LogP contribution in [0.3, 0.4) is 0 Å². The number of carboxylic acids is 1. The fourth-order valence-electron chi connectivity index (χ4n) is 2.84. The summed E-state index contributed by atoms with van der Waals surface area (Å²) in [6.07, 6.45) is 0. The van der Waals surface area contributed by atoms with Crippen LogP contribution in [0.4, 0.5) is 4.79 Å². The van der Waals surface area contributed by atoms with Crippen molar-refractivity contribution >= 4 is 17.9 Å². The molecule has 3 unspecified atom stereocenters. The molecular weight excluding hydrogens is 278 g/mol. The molecular formula is C13H21N3O5. The number of hydrogen-bond donors (Lipinski definition) is 2. The number of likely N-dealkylation sites (N-methyl/N-ethyl adjacent to an activating group) is 1. The number of carbonyl (C=O) groups excluding carboxylic acids is 2. The van der Waals surface area contributed by atoms with Crippen LogP contribution in [0.15, 0.2) is 0 Å². The van der Waals surface area contributed by atoms with Crippen molar-refractivity contribution < 1.29 is 24.2 Å². The highest BCUT2D eigenvalue weighted by atomic mass is 16.5. The van der Waals surface area contributed by atoms with E-state index in [1.54, 1.807) is 0 Å². The van der Waals surface area contributed by atoms with Crippen LogP contribution in [0.25, 0.3) is 0 Å². The lowest BCUT2D eigenvalue weighted by molar-refractivity contribution is -0.142. The van der Waals surface area contributed by atoms with E-state index in [-0.39, 0.29) is 31.0 Å². The Labute approximate surface area is 123 Å². The van der Waals surface area contributed by atoms with E-state index < -0.39 is 17.9 Å². The lowest BCUT2D eigenvalue weighted by Crippen LogP contribution is -2.58. The van der Waals surface area contributed by atoms with E-state index in [0.29, 0.717) is 19.7 Å². The number of morpholine rings is 1. The van der Waals surface area contributed by atoms with Gasteiger partial charge in [0.05, 0.1) is 19.1 Å². The molecule has 2 saturated heterocycles. The van der Waals surface area contributed by atoms with Crippen LogP contribution in [0.5, 0.6) is 0 Å². The molecule has 0 aliphatic carbocycles. The van der Waals surface area contributed by atoms with E-state index in [4.69, 9.17) is 9.84 Å². The predicted molar refractivity (Wildman–Crippen MR) is 72.6 cm³/mol. The van der Waals surface area contributed by atoms with Gasteiger partial charge in [0.25, 0.3) is 0 Å². The molecule has 0 bridgehead atoms. The molecule has 2 N–H and O–H groups in total. The number of rotatable bonds is 2. The van der Waals surface area contributed by atoms with Gasteiger partial charge in [0.15, 0.2) is 0 Å². The van der Waals surface area contributed by atoms with Gasteiger partial charge in [-0.15, -0.1) is 0 Å². The van der Waals surface area contributed by atoms with E-state index in [1.165, 1.54) is 16.8 Å². The first-order valence-corrected chi connectivity index (χ1v) is 7.03. The third-order valence-electron chi connectivity index (χ3n) is 4.12. The molecule has 21 heavy (non-hydrogen) atoms. The molecule has 0 saturated carbocycles. The summed E-state index contributed by atoms with van der Waals surface area (Å²) in [5.74, 6) is -1.80. The second-order valence-corrected chi connectivity index (χ2v) is 5.51. The molecule has 0 radical (unpaired) electrons. The predicted octanol–water partition coefficient (Wildman–Crippen LogP) is -0.794. The van der Waals surface area contributed by atoms with Gasteiger partial charge in [0, 0.05) is 26.7 Å². The van der Waals surface area contributed by atoms with Crippen LogP contribution < -0.4 is 5.32 Å². The van der Waals surface area contributed by atoms with E-state index in [0.717, 1.165) is 0 Å². The monoisotopic (exact) mass is 299 g/mol. The lowest BCUT2D eigenvalue weighted by Gasteiger charge is -2.36. The summed E-state index contributed by atoms with van der Waals surface area (Å²) in [5.41, 5.74) is 0. The first kappa shape index (κ1) is 15.6. The molecule has 2 aliphatic rings. The van der Waals surface area contributed by atoms with Gasteiger partial charge in [0.2, 0.25) is 5.91 Å². The standard InChI is InChI=1S/C13H21N3O5/c1-8-5-15(6-9(8)12(18)19)13(20)16-3-4-21-7-10(16)11(17)14-2/h8-10H,3-7H2,1-2H3,(H,14,17)(H,18,19). The Balaban J connectivity index is 2.08. The minimum absolute atomic E-state index is 0.0917. The molecule has 0 aromatic rings. The van der Waals surface area contributed by atoms with Crippen LogP contribution in [-0.4, -0.2) is 78.8 Å². The summed E-state index contributed by atoms with van der Waals surface area (Å²) in [4.78, 5) is 38.5. The average molecular weight is 299 g/mol. The third-order valence-corrected chi connectivity index (χ3v) is 4.12. The number of carboxylic acid groups (broad SMARTS) is 1. The maximum Gasteiger partial charge on any atom is 0.320 e. The number of urea groups is 1. The molecule has 2 aliphatic heterocycles. The van der Waals surface area contributed by atoms with Crippen LogP contribution in [0.2, 0.25) is 0 Å². The molecule has 0 aromatic carbocycles. The highest BCUT2D eigenvalue weighted by Gasteiger charge is 2.41. The van der Waals surface area contributed by atoms with Gasteiger partial charge < -0.3 is 25.0 Å². The smallest absolute Gasteiger partial charge is 0.320 e. The number of amides is 3. The van der Waals surface area contributed by atoms with Crippen molar-refractivity contribution in [1.82, 2.24) is 15.1 Å². The number of ether oxygens (including phenoxy) is 1. The van der Waals surface area contributed by atoms with Crippen molar-refractivity contribution in [3.63, 3.8) is 0 Å². The zero-order valence-corrected chi connectivity index (χ0v) is 12.2. The molecule has 3 amide bonds. The normalized spacial score (nSPS) is 29.3. The number of hydrogen-bond acceptors (Lipinski definition) is 4. The highest BCUT2D eigenvalue weighted by Crippen LogP contribution is 2.25. The molecule has 118 valence electrons. The van der Waals surface area contributed by atoms with Crippen molar-refractivity contribution in [2.75, 3.05) is 39.9 Å². The van der Waals surface area contributed by atoms with E-state index >= 15 is 0 Å². The van der Waals surface area contributed by atoms with E-state index in [1.807, 2.05) is 6.92 Å². The summed E-state index contributed by atoms with van der Waals surface area (Å²) in [6.45, 7) is 3.28. The topological polar surface area (TPSA) is 99.2 Å². The molecule has 3 atom stereocenters. The van der Waals surface area contributed by atoms with Gasteiger partial charge in [-0.25, -0.2) is 4.79 Å². The Bertz CT molecular complexity index is 442. The van der Waals surface area contributed by atoms with Gasteiger partial charge in [-0.3, -0.25) is 9.59 Å². The van der Waals surface area contributed by atoms with Crippen LogP contribution in [0.1, 0.15) is 6.92 Å². The molecule has 8 heteroatoms. The first-order valence-electron chi connectivity index (χ1n) is 7.03. The van der Waals surface area contributed by atoms with Gasteiger partial charge in [-0.1, -0.05) is 6.92 Å². The Morgan fingerprint density at radius 2 is 2.00 bits per heavy atom. The fourth-order valence-corrected chi connectivity index (χ4v) is 2.84.